The van der Waals surface area contributed by atoms with Crippen molar-refractivity contribution in [1.29, 1.82) is 0 Å². The molecule has 150 valence electrons. The maximum Gasteiger partial charge on any atom is 0.277 e. The van der Waals surface area contributed by atoms with E-state index in [1.54, 1.807) is 0 Å². The highest BCUT2D eigenvalue weighted by atomic mass is 32.2. The molecule has 3 aromatic rings. The summed E-state index contributed by atoms with van der Waals surface area (Å²) in [5.74, 6) is -2.78. The third kappa shape index (κ3) is 3.73. The summed E-state index contributed by atoms with van der Waals surface area (Å²) in [5, 5.41) is 2.88. The van der Waals surface area contributed by atoms with E-state index in [2.05, 4.69) is 20.3 Å². The second-order valence-electron chi connectivity index (χ2n) is 6.07. The van der Waals surface area contributed by atoms with Gasteiger partial charge in [-0.3, -0.25) is 15.1 Å². The normalized spacial score (nSPS) is 14.4. The molecule has 0 bridgehead atoms. The molecule has 1 aliphatic heterocycles. The molecule has 1 aromatic carbocycles. The number of aromatic nitrogens is 3. The van der Waals surface area contributed by atoms with Crippen molar-refractivity contribution < 1.29 is 22.0 Å². The van der Waals surface area contributed by atoms with E-state index < -0.39 is 32.5 Å². The molecule has 1 amide bonds. The Hall–Kier alpha value is -2.83. The van der Waals surface area contributed by atoms with Gasteiger partial charge < -0.3 is 0 Å². The standard InChI is InChI=1S/C17H13F2N5O3S2/c18-10-2-1-3-11(19)15(10)29(26,27)24-7-4-12-14(9-24)28-17(22-12)23-16(25)13-8-20-5-6-21-13/h1-3,5-6,8H,4,7,9H2,(H,22,23,25). The molecule has 0 fully saturated rings. The van der Waals surface area contributed by atoms with Crippen molar-refractivity contribution in [3.63, 3.8) is 0 Å². The van der Waals surface area contributed by atoms with E-state index in [0.29, 0.717) is 10.6 Å². The lowest BCUT2D eigenvalue weighted by atomic mass is 10.2. The third-order valence-corrected chi connectivity index (χ3v) is 7.12. The summed E-state index contributed by atoms with van der Waals surface area (Å²) in [5.41, 5.74) is 0.741. The van der Waals surface area contributed by atoms with Gasteiger partial charge in [0.2, 0.25) is 10.0 Å². The van der Waals surface area contributed by atoms with Crippen LogP contribution < -0.4 is 5.32 Å². The van der Waals surface area contributed by atoms with Crippen LogP contribution in [-0.4, -0.2) is 40.1 Å². The Morgan fingerprint density at radius 1 is 1.21 bits per heavy atom. The maximum atomic E-state index is 14.0. The van der Waals surface area contributed by atoms with Gasteiger partial charge in [-0.1, -0.05) is 6.07 Å². The van der Waals surface area contributed by atoms with Gasteiger partial charge in [0.25, 0.3) is 5.91 Å². The number of amides is 1. The maximum absolute atomic E-state index is 14.0. The van der Waals surface area contributed by atoms with Crippen molar-refractivity contribution in [3.8, 4) is 0 Å². The predicted molar refractivity (Wildman–Crippen MR) is 99.8 cm³/mol. The zero-order valence-electron chi connectivity index (χ0n) is 14.7. The average Bonchev–Trinajstić information content (AvgIpc) is 3.09. The Bertz CT molecular complexity index is 1160. The van der Waals surface area contributed by atoms with Gasteiger partial charge in [0, 0.05) is 30.2 Å². The summed E-state index contributed by atoms with van der Waals surface area (Å²) in [7, 11) is -4.37. The van der Waals surface area contributed by atoms with Crippen LogP contribution in [0, 0.1) is 11.6 Å². The largest absolute Gasteiger partial charge is 0.296 e. The molecule has 0 spiro atoms. The minimum absolute atomic E-state index is 0.0182. The number of thiazole rings is 1. The fourth-order valence-electron chi connectivity index (χ4n) is 2.87. The number of halogens is 2. The quantitative estimate of drug-likeness (QED) is 0.671. The van der Waals surface area contributed by atoms with Crippen LogP contribution in [0.25, 0.3) is 0 Å². The monoisotopic (exact) mass is 437 g/mol. The molecule has 0 saturated carbocycles. The molecule has 29 heavy (non-hydrogen) atoms. The number of fused-ring (bicyclic) bond motifs is 1. The molecule has 1 aliphatic rings. The van der Waals surface area contributed by atoms with E-state index in [-0.39, 0.29) is 30.3 Å². The van der Waals surface area contributed by atoms with E-state index in [1.807, 2.05) is 0 Å². The Kier molecular flexibility index (Phi) is 5.06. The number of hydrogen-bond donors (Lipinski definition) is 1. The van der Waals surface area contributed by atoms with E-state index in [9.17, 15) is 22.0 Å². The zero-order chi connectivity index (χ0) is 20.6. The van der Waals surface area contributed by atoms with Crippen molar-refractivity contribution in [1.82, 2.24) is 19.3 Å². The van der Waals surface area contributed by atoms with Crippen LogP contribution in [0.3, 0.4) is 0 Å². The van der Waals surface area contributed by atoms with E-state index in [4.69, 9.17) is 0 Å². The van der Waals surface area contributed by atoms with Crippen molar-refractivity contribution in [2.75, 3.05) is 11.9 Å². The minimum atomic E-state index is -4.37. The lowest BCUT2D eigenvalue weighted by Crippen LogP contribution is -2.36. The van der Waals surface area contributed by atoms with Crippen molar-refractivity contribution in [2.24, 2.45) is 0 Å². The number of nitrogens with zero attached hydrogens (tertiary/aromatic N) is 4. The molecule has 12 heteroatoms. The molecule has 0 atom stereocenters. The van der Waals surface area contributed by atoms with Gasteiger partial charge in [-0.2, -0.15) is 4.31 Å². The predicted octanol–water partition coefficient (Wildman–Crippen LogP) is 2.21. The molecule has 1 N–H and O–H groups in total. The number of rotatable bonds is 4. The smallest absolute Gasteiger partial charge is 0.277 e. The average molecular weight is 437 g/mol. The summed E-state index contributed by atoms with van der Waals surface area (Å²) < 4.78 is 54.5. The van der Waals surface area contributed by atoms with Gasteiger partial charge in [-0.25, -0.2) is 27.2 Å². The van der Waals surface area contributed by atoms with Crippen LogP contribution in [0.5, 0.6) is 0 Å². The first-order chi connectivity index (χ1) is 13.9. The van der Waals surface area contributed by atoms with Gasteiger partial charge in [0.1, 0.15) is 17.3 Å². The minimum Gasteiger partial charge on any atom is -0.296 e. The number of sulfonamides is 1. The molecule has 0 saturated heterocycles. The lowest BCUT2D eigenvalue weighted by molar-refractivity contribution is 0.102. The second kappa shape index (κ2) is 7.54. The number of anilines is 1. The fraction of sp³-hybridized carbons (Fsp3) is 0.176. The van der Waals surface area contributed by atoms with E-state index in [1.165, 1.54) is 18.6 Å². The molecule has 0 radical (unpaired) electrons. The summed E-state index contributed by atoms with van der Waals surface area (Å²) in [6, 6.07) is 2.91. The van der Waals surface area contributed by atoms with E-state index >= 15 is 0 Å². The lowest BCUT2D eigenvalue weighted by Gasteiger charge is -2.25. The Morgan fingerprint density at radius 2 is 1.97 bits per heavy atom. The number of carbonyl (C=O) groups is 1. The van der Waals surface area contributed by atoms with Crippen molar-refractivity contribution in [2.45, 2.75) is 17.9 Å². The Morgan fingerprint density at radius 3 is 2.66 bits per heavy atom. The van der Waals surface area contributed by atoms with Gasteiger partial charge in [0.15, 0.2) is 10.0 Å². The number of benzene rings is 1. The number of nitrogens with one attached hydrogen (secondary N) is 1. The van der Waals surface area contributed by atoms with Crippen LogP contribution >= 0.6 is 11.3 Å². The van der Waals surface area contributed by atoms with Crippen LogP contribution in [-0.2, 0) is 23.0 Å². The topological polar surface area (TPSA) is 105 Å². The van der Waals surface area contributed by atoms with Crippen LogP contribution in [0.4, 0.5) is 13.9 Å². The molecular weight excluding hydrogens is 424 g/mol. The fourth-order valence-corrected chi connectivity index (χ4v) is 5.48. The number of hydrogen-bond acceptors (Lipinski definition) is 7. The number of carbonyl (C=O) groups excluding carboxylic acids is 1. The van der Waals surface area contributed by atoms with E-state index in [0.717, 1.165) is 33.8 Å². The molecule has 2 aromatic heterocycles. The van der Waals surface area contributed by atoms with Crippen molar-refractivity contribution in [3.05, 3.63) is 64.7 Å². The molecule has 0 aliphatic carbocycles. The zero-order valence-corrected chi connectivity index (χ0v) is 16.3. The van der Waals surface area contributed by atoms with Crippen LogP contribution in [0.1, 0.15) is 21.1 Å². The Balaban J connectivity index is 1.56. The molecule has 0 unspecified atom stereocenters. The Labute approximate surface area is 168 Å². The van der Waals surface area contributed by atoms with Gasteiger partial charge in [-0.15, -0.1) is 11.3 Å². The second-order valence-corrected chi connectivity index (χ2v) is 9.03. The first-order valence-electron chi connectivity index (χ1n) is 8.36. The highest BCUT2D eigenvalue weighted by Gasteiger charge is 2.34. The first-order valence-corrected chi connectivity index (χ1v) is 10.6. The molecule has 4 rings (SSSR count). The van der Waals surface area contributed by atoms with Crippen LogP contribution in [0.15, 0.2) is 41.7 Å². The third-order valence-electron chi connectivity index (χ3n) is 4.23. The SMILES string of the molecule is O=C(Nc1nc2c(s1)CN(S(=O)(=O)c1c(F)cccc1F)CC2)c1cnccn1. The van der Waals surface area contributed by atoms with Gasteiger partial charge in [-0.05, 0) is 12.1 Å². The van der Waals surface area contributed by atoms with Gasteiger partial charge in [0.05, 0.1) is 18.4 Å². The highest BCUT2D eigenvalue weighted by Crippen LogP contribution is 2.32. The summed E-state index contributed by atoms with van der Waals surface area (Å²) in [6.07, 6.45) is 4.38. The molecular formula is C17H13F2N5O3S2. The highest BCUT2D eigenvalue weighted by molar-refractivity contribution is 7.89. The summed E-state index contributed by atoms with van der Waals surface area (Å²) >= 11 is 1.10. The molecule has 3 heterocycles. The molecule has 8 nitrogen and oxygen atoms in total. The first kappa shape index (κ1) is 19.5. The van der Waals surface area contributed by atoms with Gasteiger partial charge >= 0.3 is 0 Å². The summed E-state index contributed by atoms with van der Waals surface area (Å²) in [6.45, 7) is -0.0749. The van der Waals surface area contributed by atoms with Crippen molar-refractivity contribution >= 4 is 32.4 Å². The van der Waals surface area contributed by atoms with Crippen LogP contribution in [0.2, 0.25) is 0 Å². The summed E-state index contributed by atoms with van der Waals surface area (Å²) in [4.78, 5) is 23.8.